The number of thioether (sulfide) groups is 1. The number of benzene rings is 1. The highest BCUT2D eigenvalue weighted by Gasteiger charge is 2.17. The van der Waals surface area contributed by atoms with Gasteiger partial charge in [0.1, 0.15) is 5.76 Å². The fraction of sp³-hybridized carbons (Fsp3) is 0.200. The highest BCUT2D eigenvalue weighted by atomic mass is 32.2. The minimum atomic E-state index is -0.644. The standard InChI is InChI=1S/C20H19N3O5S2/c1-12-15(13(2)28-23-12)11-30-16-7-4-3-6-14(16)20(26)27-10-18(24)21-22-19(25)17-8-5-9-29-17/h3-9H,10-11H2,1-2H3,(H,21,24)(H,22,25). The number of hydrogen-bond donors (Lipinski definition) is 2. The molecular formula is C20H19N3O5S2. The van der Waals surface area contributed by atoms with Gasteiger partial charge in [0.15, 0.2) is 6.61 Å². The number of ether oxygens (including phenoxy) is 1. The number of nitrogens with one attached hydrogen (secondary N) is 2. The Morgan fingerprint density at radius 2 is 1.93 bits per heavy atom. The SMILES string of the molecule is Cc1noc(C)c1CSc1ccccc1C(=O)OCC(=O)NNC(=O)c1cccs1. The lowest BCUT2D eigenvalue weighted by Crippen LogP contribution is -2.43. The first-order valence-corrected chi connectivity index (χ1v) is 10.8. The zero-order chi connectivity index (χ0) is 21.5. The van der Waals surface area contributed by atoms with Crippen LogP contribution in [0.5, 0.6) is 0 Å². The highest BCUT2D eigenvalue weighted by Crippen LogP contribution is 2.29. The van der Waals surface area contributed by atoms with E-state index in [1.165, 1.54) is 23.1 Å². The third-order valence-corrected chi connectivity index (χ3v) is 6.02. The molecule has 0 radical (unpaired) electrons. The van der Waals surface area contributed by atoms with Gasteiger partial charge in [0.05, 0.1) is 16.1 Å². The van der Waals surface area contributed by atoms with E-state index in [-0.39, 0.29) is 0 Å². The summed E-state index contributed by atoms with van der Waals surface area (Å²) in [7, 11) is 0. The van der Waals surface area contributed by atoms with Crippen LogP contribution in [0.3, 0.4) is 0 Å². The molecule has 0 saturated carbocycles. The van der Waals surface area contributed by atoms with Crippen molar-refractivity contribution in [3.8, 4) is 0 Å². The van der Waals surface area contributed by atoms with Crippen LogP contribution in [0.25, 0.3) is 0 Å². The first kappa shape index (κ1) is 21.6. The van der Waals surface area contributed by atoms with Gasteiger partial charge in [0, 0.05) is 16.2 Å². The van der Waals surface area contributed by atoms with E-state index < -0.39 is 24.4 Å². The van der Waals surface area contributed by atoms with Gasteiger partial charge in [-0.15, -0.1) is 23.1 Å². The van der Waals surface area contributed by atoms with E-state index in [0.29, 0.717) is 21.1 Å². The maximum absolute atomic E-state index is 12.5. The molecule has 10 heteroatoms. The van der Waals surface area contributed by atoms with Crippen LogP contribution in [0, 0.1) is 13.8 Å². The Morgan fingerprint density at radius 1 is 1.13 bits per heavy atom. The monoisotopic (exact) mass is 445 g/mol. The third-order valence-electron chi connectivity index (χ3n) is 4.05. The molecule has 1 aromatic carbocycles. The topological polar surface area (TPSA) is 111 Å². The summed E-state index contributed by atoms with van der Waals surface area (Å²) in [6, 6.07) is 10.3. The average Bonchev–Trinajstić information content (AvgIpc) is 3.39. The number of esters is 1. The van der Waals surface area contributed by atoms with E-state index in [4.69, 9.17) is 9.26 Å². The summed E-state index contributed by atoms with van der Waals surface area (Å²) >= 11 is 2.70. The molecule has 0 aliphatic heterocycles. The summed E-state index contributed by atoms with van der Waals surface area (Å²) in [5.41, 5.74) is 6.62. The second-order valence-corrected chi connectivity index (χ2v) is 8.11. The number of amides is 2. The van der Waals surface area contributed by atoms with E-state index >= 15 is 0 Å². The molecule has 0 unspecified atom stereocenters. The van der Waals surface area contributed by atoms with Crippen molar-refractivity contribution in [1.82, 2.24) is 16.0 Å². The molecule has 2 heterocycles. The molecule has 3 rings (SSSR count). The number of nitrogens with zero attached hydrogens (tertiary/aromatic N) is 1. The number of carbonyl (C=O) groups is 3. The fourth-order valence-corrected chi connectivity index (χ4v) is 4.27. The summed E-state index contributed by atoms with van der Waals surface area (Å²) in [5, 5.41) is 5.68. The largest absolute Gasteiger partial charge is 0.452 e. The minimum Gasteiger partial charge on any atom is -0.452 e. The Morgan fingerprint density at radius 3 is 2.63 bits per heavy atom. The summed E-state index contributed by atoms with van der Waals surface area (Å²) in [4.78, 5) is 37.3. The van der Waals surface area contributed by atoms with Crippen molar-refractivity contribution < 1.29 is 23.6 Å². The number of hydrogen-bond acceptors (Lipinski definition) is 8. The van der Waals surface area contributed by atoms with Gasteiger partial charge in [0.25, 0.3) is 11.8 Å². The van der Waals surface area contributed by atoms with Crippen molar-refractivity contribution >= 4 is 40.9 Å². The quantitative estimate of drug-likeness (QED) is 0.326. The van der Waals surface area contributed by atoms with E-state index in [1.54, 1.807) is 35.7 Å². The lowest BCUT2D eigenvalue weighted by Gasteiger charge is -2.10. The predicted molar refractivity (Wildman–Crippen MR) is 112 cm³/mol. The lowest BCUT2D eigenvalue weighted by atomic mass is 10.2. The first-order chi connectivity index (χ1) is 14.5. The maximum Gasteiger partial charge on any atom is 0.339 e. The van der Waals surface area contributed by atoms with Crippen LogP contribution in [-0.4, -0.2) is 29.5 Å². The normalized spacial score (nSPS) is 10.5. The van der Waals surface area contributed by atoms with Crippen molar-refractivity contribution in [3.05, 3.63) is 69.2 Å². The van der Waals surface area contributed by atoms with Crippen LogP contribution in [0.2, 0.25) is 0 Å². The second-order valence-electron chi connectivity index (χ2n) is 6.14. The predicted octanol–water partition coefficient (Wildman–Crippen LogP) is 3.26. The number of aromatic nitrogens is 1. The highest BCUT2D eigenvalue weighted by molar-refractivity contribution is 7.98. The minimum absolute atomic E-state index is 0.352. The zero-order valence-corrected chi connectivity index (χ0v) is 17.9. The van der Waals surface area contributed by atoms with Crippen LogP contribution in [0.4, 0.5) is 0 Å². The number of carbonyl (C=O) groups excluding carboxylic acids is 3. The molecular weight excluding hydrogens is 426 g/mol. The summed E-state index contributed by atoms with van der Waals surface area (Å²) in [6.45, 7) is 3.18. The fourth-order valence-electron chi connectivity index (χ4n) is 2.46. The molecule has 0 spiro atoms. The summed E-state index contributed by atoms with van der Waals surface area (Å²) in [6.07, 6.45) is 0. The molecule has 2 N–H and O–H groups in total. The average molecular weight is 446 g/mol. The molecule has 3 aromatic rings. The smallest absolute Gasteiger partial charge is 0.339 e. The van der Waals surface area contributed by atoms with Crippen molar-refractivity contribution in [2.75, 3.05) is 6.61 Å². The number of thiophene rings is 1. The van der Waals surface area contributed by atoms with E-state index in [9.17, 15) is 14.4 Å². The Labute approximate surface area is 180 Å². The van der Waals surface area contributed by atoms with E-state index in [2.05, 4.69) is 16.0 Å². The van der Waals surface area contributed by atoms with Crippen molar-refractivity contribution in [1.29, 1.82) is 0 Å². The van der Waals surface area contributed by atoms with Crippen molar-refractivity contribution in [2.45, 2.75) is 24.5 Å². The van der Waals surface area contributed by atoms with Gasteiger partial charge in [-0.1, -0.05) is 23.4 Å². The van der Waals surface area contributed by atoms with Gasteiger partial charge in [-0.2, -0.15) is 0 Å². The molecule has 0 bridgehead atoms. The lowest BCUT2D eigenvalue weighted by molar-refractivity contribution is -0.125. The first-order valence-electron chi connectivity index (χ1n) is 8.89. The molecule has 0 aliphatic carbocycles. The Bertz CT molecular complexity index is 1030. The summed E-state index contributed by atoms with van der Waals surface area (Å²) in [5.74, 6) is -0.390. The van der Waals surface area contributed by atoms with Gasteiger partial charge < -0.3 is 9.26 Å². The molecule has 2 aromatic heterocycles. The third kappa shape index (κ3) is 5.49. The zero-order valence-electron chi connectivity index (χ0n) is 16.3. The molecule has 0 fully saturated rings. The van der Waals surface area contributed by atoms with Crippen LogP contribution in [0.1, 0.15) is 37.0 Å². The van der Waals surface area contributed by atoms with Gasteiger partial charge in [-0.3, -0.25) is 20.4 Å². The van der Waals surface area contributed by atoms with E-state index in [0.717, 1.165) is 17.0 Å². The number of rotatable bonds is 7. The molecule has 0 saturated heterocycles. The Kier molecular flexibility index (Phi) is 7.26. The van der Waals surface area contributed by atoms with E-state index in [1.807, 2.05) is 19.9 Å². The van der Waals surface area contributed by atoms with Gasteiger partial charge in [-0.05, 0) is 37.4 Å². The Balaban J connectivity index is 1.52. The van der Waals surface area contributed by atoms with Gasteiger partial charge in [0.2, 0.25) is 0 Å². The molecule has 0 aliphatic rings. The second kappa shape index (κ2) is 10.1. The van der Waals surface area contributed by atoms with Gasteiger partial charge in [-0.25, -0.2) is 4.79 Å². The molecule has 0 atom stereocenters. The van der Waals surface area contributed by atoms with Gasteiger partial charge >= 0.3 is 5.97 Å². The number of aryl methyl sites for hydroxylation is 2. The van der Waals surface area contributed by atoms with Crippen LogP contribution in [-0.2, 0) is 15.3 Å². The van der Waals surface area contributed by atoms with Crippen molar-refractivity contribution in [3.63, 3.8) is 0 Å². The molecule has 2 amide bonds. The van der Waals surface area contributed by atoms with Crippen LogP contribution in [0.15, 0.2) is 51.2 Å². The summed E-state index contributed by atoms with van der Waals surface area (Å²) < 4.78 is 10.3. The molecule has 8 nitrogen and oxygen atoms in total. The van der Waals surface area contributed by atoms with Crippen LogP contribution >= 0.6 is 23.1 Å². The van der Waals surface area contributed by atoms with Crippen molar-refractivity contribution in [2.24, 2.45) is 0 Å². The number of hydrazine groups is 1. The Hall–Kier alpha value is -3.11. The maximum atomic E-state index is 12.5. The molecule has 30 heavy (non-hydrogen) atoms. The molecule has 156 valence electrons. The van der Waals surface area contributed by atoms with Crippen LogP contribution < -0.4 is 10.9 Å².